The van der Waals surface area contributed by atoms with E-state index in [9.17, 15) is 0 Å². The highest BCUT2D eigenvalue weighted by molar-refractivity contribution is 9.11. The Morgan fingerprint density at radius 2 is 2.00 bits per heavy atom. The van der Waals surface area contributed by atoms with Crippen LogP contribution in [0.3, 0.4) is 0 Å². The molecule has 0 heterocycles. The van der Waals surface area contributed by atoms with Gasteiger partial charge in [-0.3, -0.25) is 0 Å². The molecule has 1 aliphatic carbocycles. The Bertz CT molecular complexity index is 417. The van der Waals surface area contributed by atoms with E-state index in [0.29, 0.717) is 6.04 Å². The Morgan fingerprint density at radius 1 is 1.35 bits per heavy atom. The molecule has 94 valence electrons. The van der Waals surface area contributed by atoms with Gasteiger partial charge in [-0.1, -0.05) is 45.7 Å². The maximum Gasteiger partial charge on any atom is 0.0362 e. The Hall–Kier alpha value is 0.140. The highest BCUT2D eigenvalue weighted by Gasteiger charge is 2.40. The minimum absolute atomic E-state index is 0.487. The van der Waals surface area contributed by atoms with Crippen molar-refractivity contribution in [3.63, 3.8) is 0 Å². The van der Waals surface area contributed by atoms with Gasteiger partial charge in [0.15, 0.2) is 0 Å². The molecule has 3 atom stereocenters. The molecule has 0 spiro atoms. The summed E-state index contributed by atoms with van der Waals surface area (Å²) in [6.07, 6.45) is 1.34. The lowest BCUT2D eigenvalue weighted by Crippen LogP contribution is -2.23. The van der Waals surface area contributed by atoms with Crippen LogP contribution in [0.5, 0.6) is 0 Å². The lowest BCUT2D eigenvalue weighted by Gasteiger charge is -2.21. The van der Waals surface area contributed by atoms with Crippen LogP contribution in [0.25, 0.3) is 0 Å². The fourth-order valence-corrected chi connectivity index (χ4v) is 3.49. The van der Waals surface area contributed by atoms with Crippen molar-refractivity contribution in [2.75, 3.05) is 6.54 Å². The second kappa shape index (κ2) is 5.41. The second-order valence-corrected chi connectivity index (χ2v) is 6.74. The summed E-state index contributed by atoms with van der Waals surface area (Å²) in [4.78, 5) is 0. The molecule has 2 rings (SSSR count). The average molecular weight is 361 g/mol. The summed E-state index contributed by atoms with van der Waals surface area (Å²) in [5, 5.41) is 3.63. The van der Waals surface area contributed by atoms with Gasteiger partial charge in [0.25, 0.3) is 0 Å². The molecule has 1 aliphatic rings. The lowest BCUT2D eigenvalue weighted by atomic mass is 10.00. The van der Waals surface area contributed by atoms with Crippen molar-refractivity contribution in [3.05, 3.63) is 32.2 Å². The average Bonchev–Trinajstić information content (AvgIpc) is 2.98. The molecule has 0 aromatic heterocycles. The summed E-state index contributed by atoms with van der Waals surface area (Å²) in [6, 6.07) is 4.95. The molecule has 0 bridgehead atoms. The topological polar surface area (TPSA) is 12.0 Å². The summed E-state index contributed by atoms with van der Waals surface area (Å²) >= 11 is 7.34. The molecular formula is C14H19Br2N. The van der Waals surface area contributed by atoms with Crippen LogP contribution in [-0.4, -0.2) is 6.54 Å². The van der Waals surface area contributed by atoms with Crippen LogP contribution in [0.2, 0.25) is 0 Å². The SMILES string of the molecule is CCNC(c1cc(Br)c(C)cc1Br)C1CC1C. The maximum absolute atomic E-state index is 3.71. The van der Waals surface area contributed by atoms with E-state index in [1.807, 2.05) is 0 Å². The van der Waals surface area contributed by atoms with E-state index in [2.05, 4.69) is 70.1 Å². The van der Waals surface area contributed by atoms with Crippen LogP contribution < -0.4 is 5.32 Å². The van der Waals surface area contributed by atoms with Gasteiger partial charge < -0.3 is 5.32 Å². The van der Waals surface area contributed by atoms with Crippen molar-refractivity contribution in [2.45, 2.75) is 33.2 Å². The molecule has 1 saturated carbocycles. The number of halogens is 2. The van der Waals surface area contributed by atoms with Crippen LogP contribution in [0, 0.1) is 18.8 Å². The zero-order valence-electron chi connectivity index (χ0n) is 10.6. The quantitative estimate of drug-likeness (QED) is 0.811. The van der Waals surface area contributed by atoms with E-state index < -0.39 is 0 Å². The molecule has 3 unspecified atom stereocenters. The lowest BCUT2D eigenvalue weighted by molar-refractivity contribution is 0.474. The van der Waals surface area contributed by atoms with Gasteiger partial charge in [0.05, 0.1) is 0 Å². The van der Waals surface area contributed by atoms with E-state index in [1.165, 1.54) is 26.5 Å². The van der Waals surface area contributed by atoms with Crippen LogP contribution >= 0.6 is 31.9 Å². The Morgan fingerprint density at radius 3 is 2.53 bits per heavy atom. The van der Waals surface area contributed by atoms with Crippen LogP contribution in [-0.2, 0) is 0 Å². The van der Waals surface area contributed by atoms with E-state index in [0.717, 1.165) is 18.4 Å². The molecule has 0 saturated heterocycles. The Labute approximate surface area is 121 Å². The van der Waals surface area contributed by atoms with Gasteiger partial charge in [-0.25, -0.2) is 0 Å². The first kappa shape index (κ1) is 13.6. The first-order chi connectivity index (χ1) is 8.04. The molecule has 0 amide bonds. The molecule has 0 aliphatic heterocycles. The van der Waals surface area contributed by atoms with Gasteiger partial charge in [-0.05, 0) is 55.0 Å². The monoisotopic (exact) mass is 359 g/mol. The number of benzene rings is 1. The molecule has 1 fully saturated rings. The Kier molecular flexibility index (Phi) is 4.32. The maximum atomic E-state index is 3.71. The highest BCUT2D eigenvalue weighted by atomic mass is 79.9. The first-order valence-electron chi connectivity index (χ1n) is 6.23. The van der Waals surface area contributed by atoms with Crippen molar-refractivity contribution >= 4 is 31.9 Å². The van der Waals surface area contributed by atoms with Crippen molar-refractivity contribution in [3.8, 4) is 0 Å². The zero-order valence-corrected chi connectivity index (χ0v) is 13.7. The molecule has 3 heteroatoms. The summed E-state index contributed by atoms with van der Waals surface area (Å²) in [7, 11) is 0. The van der Waals surface area contributed by atoms with Crippen LogP contribution in [0.15, 0.2) is 21.1 Å². The second-order valence-electron chi connectivity index (χ2n) is 5.04. The summed E-state index contributed by atoms with van der Waals surface area (Å²) in [5.41, 5.74) is 2.67. The fourth-order valence-electron chi connectivity index (χ4n) is 2.43. The van der Waals surface area contributed by atoms with Crippen LogP contribution in [0.4, 0.5) is 0 Å². The van der Waals surface area contributed by atoms with E-state index >= 15 is 0 Å². The van der Waals surface area contributed by atoms with Crippen molar-refractivity contribution < 1.29 is 0 Å². The molecular weight excluding hydrogens is 342 g/mol. The smallest absolute Gasteiger partial charge is 0.0362 e. The largest absolute Gasteiger partial charge is 0.310 e. The van der Waals surface area contributed by atoms with Gasteiger partial charge in [-0.2, -0.15) is 0 Å². The number of aryl methyl sites for hydroxylation is 1. The fraction of sp³-hybridized carbons (Fsp3) is 0.571. The van der Waals surface area contributed by atoms with E-state index in [-0.39, 0.29) is 0 Å². The molecule has 1 aromatic rings. The van der Waals surface area contributed by atoms with Crippen molar-refractivity contribution in [1.82, 2.24) is 5.32 Å². The molecule has 1 aromatic carbocycles. The number of hydrogen-bond acceptors (Lipinski definition) is 1. The van der Waals surface area contributed by atoms with Gasteiger partial charge in [0, 0.05) is 15.0 Å². The van der Waals surface area contributed by atoms with Gasteiger partial charge >= 0.3 is 0 Å². The third-order valence-electron chi connectivity index (χ3n) is 3.64. The molecule has 0 radical (unpaired) electrons. The van der Waals surface area contributed by atoms with Gasteiger partial charge in [-0.15, -0.1) is 0 Å². The van der Waals surface area contributed by atoms with Gasteiger partial charge in [0.1, 0.15) is 0 Å². The standard InChI is InChI=1S/C14H19Br2N/c1-4-17-14(10-5-8(10)2)11-7-12(15)9(3)6-13(11)16/h6-8,10,14,17H,4-5H2,1-3H3. The first-order valence-corrected chi connectivity index (χ1v) is 7.82. The minimum Gasteiger partial charge on any atom is -0.310 e. The van der Waals surface area contributed by atoms with Gasteiger partial charge in [0.2, 0.25) is 0 Å². The van der Waals surface area contributed by atoms with Crippen LogP contribution in [0.1, 0.15) is 37.4 Å². The van der Waals surface area contributed by atoms with E-state index in [4.69, 9.17) is 0 Å². The van der Waals surface area contributed by atoms with E-state index in [1.54, 1.807) is 0 Å². The predicted octanol–water partition coefficient (Wildman–Crippen LogP) is 4.83. The third kappa shape index (κ3) is 2.94. The number of nitrogens with one attached hydrogen (secondary N) is 1. The predicted molar refractivity (Wildman–Crippen MR) is 80.3 cm³/mol. The third-order valence-corrected chi connectivity index (χ3v) is 5.18. The molecule has 17 heavy (non-hydrogen) atoms. The van der Waals surface area contributed by atoms with Crippen molar-refractivity contribution in [2.24, 2.45) is 11.8 Å². The normalized spacial score (nSPS) is 24.8. The number of hydrogen-bond donors (Lipinski definition) is 1. The zero-order chi connectivity index (χ0) is 12.6. The summed E-state index contributed by atoms with van der Waals surface area (Å²) < 4.78 is 2.43. The molecule has 1 nitrogen and oxygen atoms in total. The number of rotatable bonds is 4. The highest BCUT2D eigenvalue weighted by Crippen LogP contribution is 2.48. The summed E-state index contributed by atoms with van der Waals surface area (Å²) in [5.74, 6) is 1.65. The van der Waals surface area contributed by atoms with Crippen molar-refractivity contribution in [1.29, 1.82) is 0 Å². The molecule has 1 N–H and O–H groups in total. The Balaban J connectivity index is 2.32. The summed E-state index contributed by atoms with van der Waals surface area (Å²) in [6.45, 7) is 7.66. The minimum atomic E-state index is 0.487.